The first-order chi connectivity index (χ1) is 8.56. The van der Waals surface area contributed by atoms with Crippen molar-refractivity contribution in [3.63, 3.8) is 0 Å². The lowest BCUT2D eigenvalue weighted by Gasteiger charge is -1.97. The molecule has 0 unspecified atom stereocenters. The van der Waals surface area contributed by atoms with Gasteiger partial charge in [0.05, 0.1) is 10.2 Å². The Labute approximate surface area is 114 Å². The molecule has 8 heteroatoms. The normalized spacial score (nSPS) is 10.6. The Bertz CT molecular complexity index is 590. The van der Waals surface area contributed by atoms with Crippen molar-refractivity contribution in [1.29, 1.82) is 0 Å². The minimum Gasteiger partial charge on any atom is -0.481 e. The minimum absolute atomic E-state index is 0.119. The molecule has 1 aromatic heterocycles. The molecule has 0 saturated heterocycles. The Morgan fingerprint density at radius 2 is 2.33 bits per heavy atom. The summed E-state index contributed by atoms with van der Waals surface area (Å²) in [5.74, 6) is -1.06. The Kier molecular flexibility index (Phi) is 3.97. The lowest BCUT2D eigenvalue weighted by atomic mass is 10.2. The number of aromatic amines is 1. The molecular formula is C10H7BrFN3O2S. The van der Waals surface area contributed by atoms with Crippen LogP contribution in [0.25, 0.3) is 11.4 Å². The molecule has 1 heterocycles. The van der Waals surface area contributed by atoms with Crippen LogP contribution in [0.1, 0.15) is 0 Å². The lowest BCUT2D eigenvalue weighted by molar-refractivity contribution is -0.133. The largest absolute Gasteiger partial charge is 0.481 e. The highest BCUT2D eigenvalue weighted by atomic mass is 79.9. The fourth-order valence-corrected chi connectivity index (χ4v) is 1.98. The second kappa shape index (κ2) is 5.49. The van der Waals surface area contributed by atoms with Crippen molar-refractivity contribution in [2.75, 3.05) is 5.75 Å². The molecule has 5 nitrogen and oxygen atoms in total. The van der Waals surface area contributed by atoms with Crippen LogP contribution in [0, 0.1) is 5.82 Å². The Morgan fingerprint density at radius 1 is 1.56 bits per heavy atom. The lowest BCUT2D eigenvalue weighted by Crippen LogP contribution is -1.97. The molecule has 0 aliphatic carbocycles. The number of carbonyl (C=O) groups is 1. The van der Waals surface area contributed by atoms with Gasteiger partial charge in [0.2, 0.25) is 5.16 Å². The van der Waals surface area contributed by atoms with E-state index in [1.807, 2.05) is 0 Å². The zero-order chi connectivity index (χ0) is 13.1. The van der Waals surface area contributed by atoms with Crippen LogP contribution in [0.3, 0.4) is 0 Å². The smallest absolute Gasteiger partial charge is 0.313 e. The molecule has 18 heavy (non-hydrogen) atoms. The first-order valence-electron chi connectivity index (χ1n) is 4.78. The van der Waals surface area contributed by atoms with Gasteiger partial charge in [0.25, 0.3) is 0 Å². The Balaban J connectivity index is 2.18. The van der Waals surface area contributed by atoms with E-state index in [4.69, 9.17) is 5.11 Å². The number of H-pyrrole nitrogens is 1. The van der Waals surface area contributed by atoms with Crippen molar-refractivity contribution in [3.8, 4) is 11.4 Å². The first-order valence-corrected chi connectivity index (χ1v) is 6.56. The van der Waals surface area contributed by atoms with Crippen LogP contribution in [-0.2, 0) is 4.79 Å². The number of halogens is 2. The van der Waals surface area contributed by atoms with Gasteiger partial charge in [-0.3, -0.25) is 9.89 Å². The van der Waals surface area contributed by atoms with Gasteiger partial charge < -0.3 is 5.11 Å². The number of nitrogens with one attached hydrogen (secondary N) is 1. The number of thioether (sulfide) groups is 1. The standard InChI is InChI=1S/C10H7BrFN3O2S/c11-6-2-1-5(3-7(6)12)9-13-10(15-14-9)18-4-8(16)17/h1-3H,4H2,(H,16,17)(H,13,14,15). The molecular weight excluding hydrogens is 325 g/mol. The first kappa shape index (κ1) is 13.0. The van der Waals surface area contributed by atoms with Crippen molar-refractivity contribution in [2.45, 2.75) is 5.16 Å². The summed E-state index contributed by atoms with van der Waals surface area (Å²) in [5.41, 5.74) is 0.547. The van der Waals surface area contributed by atoms with Crippen molar-refractivity contribution < 1.29 is 14.3 Å². The number of hydrogen-bond donors (Lipinski definition) is 2. The van der Waals surface area contributed by atoms with E-state index in [0.717, 1.165) is 11.8 Å². The summed E-state index contributed by atoms with van der Waals surface area (Å²) in [5, 5.41) is 15.3. The zero-order valence-corrected chi connectivity index (χ0v) is 11.3. The summed E-state index contributed by atoms with van der Waals surface area (Å²) in [4.78, 5) is 14.5. The molecule has 0 aliphatic rings. The van der Waals surface area contributed by atoms with Crippen LogP contribution >= 0.6 is 27.7 Å². The van der Waals surface area contributed by atoms with E-state index >= 15 is 0 Å². The molecule has 0 fully saturated rings. The fourth-order valence-electron chi connectivity index (χ4n) is 1.21. The summed E-state index contributed by atoms with van der Waals surface area (Å²) in [6.45, 7) is 0. The average Bonchev–Trinajstić information content (AvgIpc) is 2.79. The number of rotatable bonds is 4. The zero-order valence-electron chi connectivity index (χ0n) is 8.85. The van der Waals surface area contributed by atoms with Crippen LogP contribution in [0.15, 0.2) is 27.8 Å². The topological polar surface area (TPSA) is 78.9 Å². The third-order valence-electron chi connectivity index (χ3n) is 1.98. The number of aromatic nitrogens is 3. The molecule has 2 aromatic rings. The predicted octanol–water partition coefficient (Wildman–Crippen LogP) is 2.55. The van der Waals surface area contributed by atoms with Crippen molar-refractivity contribution >= 4 is 33.7 Å². The molecule has 0 aliphatic heterocycles. The molecule has 0 radical (unpaired) electrons. The number of benzene rings is 1. The highest BCUT2D eigenvalue weighted by molar-refractivity contribution is 9.10. The van der Waals surface area contributed by atoms with Crippen molar-refractivity contribution in [3.05, 3.63) is 28.5 Å². The predicted molar refractivity (Wildman–Crippen MR) is 67.8 cm³/mol. The Morgan fingerprint density at radius 3 is 3.00 bits per heavy atom. The van der Waals surface area contributed by atoms with E-state index in [2.05, 4.69) is 31.1 Å². The number of nitrogens with zero attached hydrogens (tertiary/aromatic N) is 2. The third kappa shape index (κ3) is 3.08. The van der Waals surface area contributed by atoms with Gasteiger partial charge >= 0.3 is 5.97 Å². The molecule has 1 aromatic carbocycles. The maximum Gasteiger partial charge on any atom is 0.313 e. The van der Waals surface area contributed by atoms with Gasteiger partial charge in [-0.05, 0) is 34.1 Å². The highest BCUT2D eigenvalue weighted by Crippen LogP contribution is 2.23. The molecule has 0 spiro atoms. The second-order valence-electron chi connectivity index (χ2n) is 3.28. The molecule has 94 valence electrons. The fraction of sp³-hybridized carbons (Fsp3) is 0.100. The van der Waals surface area contributed by atoms with Gasteiger partial charge in [-0.2, -0.15) is 0 Å². The van der Waals surface area contributed by atoms with E-state index in [1.165, 1.54) is 6.07 Å². The highest BCUT2D eigenvalue weighted by Gasteiger charge is 2.09. The molecule has 0 atom stereocenters. The van der Waals surface area contributed by atoms with Gasteiger partial charge in [0.1, 0.15) is 5.82 Å². The van der Waals surface area contributed by atoms with Gasteiger partial charge in [-0.1, -0.05) is 11.8 Å². The summed E-state index contributed by atoms with van der Waals surface area (Å²) < 4.78 is 13.7. The monoisotopic (exact) mass is 331 g/mol. The van der Waals surface area contributed by atoms with E-state index in [9.17, 15) is 9.18 Å². The summed E-state index contributed by atoms with van der Waals surface area (Å²) in [6, 6.07) is 4.56. The molecule has 0 amide bonds. The van der Waals surface area contributed by atoms with Gasteiger partial charge in [0.15, 0.2) is 5.82 Å². The van der Waals surface area contributed by atoms with Crippen LogP contribution in [0.2, 0.25) is 0 Å². The number of carboxylic acid groups (broad SMARTS) is 1. The summed E-state index contributed by atoms with van der Waals surface area (Å²) in [7, 11) is 0. The Hall–Kier alpha value is -1.41. The van der Waals surface area contributed by atoms with Crippen LogP contribution in [-0.4, -0.2) is 32.0 Å². The van der Waals surface area contributed by atoms with E-state index in [-0.39, 0.29) is 5.75 Å². The summed E-state index contributed by atoms with van der Waals surface area (Å²) >= 11 is 4.05. The van der Waals surface area contributed by atoms with Crippen LogP contribution in [0.5, 0.6) is 0 Å². The summed E-state index contributed by atoms with van der Waals surface area (Å²) in [6.07, 6.45) is 0. The number of carboxylic acids is 1. The van der Waals surface area contributed by atoms with E-state index < -0.39 is 11.8 Å². The average molecular weight is 332 g/mol. The van der Waals surface area contributed by atoms with Crippen LogP contribution in [0.4, 0.5) is 4.39 Å². The SMILES string of the molecule is O=C(O)CSc1n[nH]c(-c2ccc(Br)c(F)c2)n1. The molecule has 0 bridgehead atoms. The van der Waals surface area contributed by atoms with Gasteiger partial charge in [-0.15, -0.1) is 5.10 Å². The maximum atomic E-state index is 13.3. The maximum absolute atomic E-state index is 13.3. The third-order valence-corrected chi connectivity index (χ3v) is 3.46. The molecule has 2 rings (SSSR count). The molecule has 0 saturated carbocycles. The van der Waals surface area contributed by atoms with Crippen LogP contribution < -0.4 is 0 Å². The van der Waals surface area contributed by atoms with Gasteiger partial charge in [-0.25, -0.2) is 9.37 Å². The van der Waals surface area contributed by atoms with E-state index in [0.29, 0.717) is 21.0 Å². The van der Waals surface area contributed by atoms with Crippen molar-refractivity contribution in [1.82, 2.24) is 15.2 Å². The second-order valence-corrected chi connectivity index (χ2v) is 5.07. The van der Waals surface area contributed by atoms with E-state index in [1.54, 1.807) is 12.1 Å². The number of hydrogen-bond acceptors (Lipinski definition) is 4. The number of aliphatic carboxylic acids is 1. The van der Waals surface area contributed by atoms with Gasteiger partial charge in [0, 0.05) is 5.56 Å². The molecule has 2 N–H and O–H groups in total. The minimum atomic E-state index is -0.943. The quantitative estimate of drug-likeness (QED) is 0.842. The van der Waals surface area contributed by atoms with Crippen molar-refractivity contribution in [2.24, 2.45) is 0 Å².